The van der Waals surface area contributed by atoms with E-state index in [4.69, 9.17) is 0 Å². The Labute approximate surface area is 70.0 Å². The van der Waals surface area contributed by atoms with E-state index in [1.54, 1.807) is 0 Å². The summed E-state index contributed by atoms with van der Waals surface area (Å²) in [5.41, 5.74) is 0.490. The van der Waals surface area contributed by atoms with Crippen LogP contribution in [-0.2, 0) is 0 Å². The second kappa shape index (κ2) is 3.25. The van der Waals surface area contributed by atoms with Crippen LogP contribution in [0.5, 0.6) is 0 Å². The summed E-state index contributed by atoms with van der Waals surface area (Å²) in [6.07, 6.45) is 11.5. The molecule has 0 heteroatoms. The lowest BCUT2D eigenvalue weighted by atomic mass is 9.74. The maximum absolute atomic E-state index is 2.37. The Kier molecular flexibility index (Phi) is 2.53. The van der Waals surface area contributed by atoms with E-state index in [2.05, 4.69) is 45.1 Å². The summed E-state index contributed by atoms with van der Waals surface area (Å²) in [6, 6.07) is 0. The Morgan fingerprint density at radius 1 is 1.09 bits per heavy atom. The van der Waals surface area contributed by atoms with Crippen molar-refractivity contribution >= 4 is 0 Å². The summed E-state index contributed by atoms with van der Waals surface area (Å²) in [5, 5.41) is 0. The Morgan fingerprint density at radius 3 is 1.91 bits per heavy atom. The van der Waals surface area contributed by atoms with Gasteiger partial charge in [-0.2, -0.15) is 0 Å². The van der Waals surface area contributed by atoms with E-state index in [0.29, 0.717) is 11.3 Å². The van der Waals surface area contributed by atoms with Crippen molar-refractivity contribution in [3.8, 4) is 0 Å². The van der Waals surface area contributed by atoms with E-state index in [0.717, 1.165) is 0 Å². The largest absolute Gasteiger partial charge is 0.0771 e. The van der Waals surface area contributed by atoms with Crippen LogP contribution in [0.25, 0.3) is 0 Å². The molecule has 62 valence electrons. The molecule has 0 saturated carbocycles. The van der Waals surface area contributed by atoms with Gasteiger partial charge in [0.1, 0.15) is 0 Å². The number of allylic oxidation sites excluding steroid dienone is 4. The van der Waals surface area contributed by atoms with Crippen LogP contribution in [0.15, 0.2) is 24.3 Å². The topological polar surface area (TPSA) is 0 Å². The molecular weight excluding hydrogens is 132 g/mol. The van der Waals surface area contributed by atoms with E-state index in [9.17, 15) is 0 Å². The average Bonchev–Trinajstić information content (AvgIpc) is 2.55. The van der Waals surface area contributed by atoms with Crippen LogP contribution in [0, 0.1) is 11.3 Å². The van der Waals surface area contributed by atoms with Crippen LogP contribution in [0.1, 0.15) is 33.6 Å². The molecule has 0 amide bonds. The summed E-state index contributed by atoms with van der Waals surface area (Å²) >= 11 is 0. The predicted molar refractivity (Wildman–Crippen MR) is 50.5 cm³/mol. The third kappa shape index (κ3) is 1.55. The Hall–Kier alpha value is -0.520. The maximum Gasteiger partial charge on any atom is 0.000643 e. The molecule has 0 spiro atoms. The van der Waals surface area contributed by atoms with Crippen LogP contribution < -0.4 is 0 Å². The first-order valence-corrected chi connectivity index (χ1v) is 4.58. The second-order valence-corrected chi connectivity index (χ2v) is 3.66. The van der Waals surface area contributed by atoms with E-state index < -0.39 is 0 Å². The first kappa shape index (κ1) is 8.58. The zero-order valence-corrected chi connectivity index (χ0v) is 7.80. The monoisotopic (exact) mass is 150 g/mol. The first-order valence-electron chi connectivity index (χ1n) is 4.58. The van der Waals surface area contributed by atoms with Gasteiger partial charge in [-0.25, -0.2) is 0 Å². The van der Waals surface area contributed by atoms with Gasteiger partial charge >= 0.3 is 0 Å². The molecule has 1 aliphatic rings. The lowest BCUT2D eigenvalue weighted by Gasteiger charge is -2.31. The normalized spacial score (nSPS) is 18.1. The minimum absolute atomic E-state index is 0.490. The third-order valence-corrected chi connectivity index (χ3v) is 3.17. The molecule has 0 saturated heterocycles. The molecule has 0 N–H and O–H groups in total. The fraction of sp³-hybridized carbons (Fsp3) is 0.636. The molecule has 0 bridgehead atoms. The summed E-state index contributed by atoms with van der Waals surface area (Å²) in [5.74, 6) is 0.678. The van der Waals surface area contributed by atoms with Crippen molar-refractivity contribution in [2.75, 3.05) is 0 Å². The Morgan fingerprint density at radius 2 is 1.55 bits per heavy atom. The van der Waals surface area contributed by atoms with E-state index in [1.165, 1.54) is 12.8 Å². The van der Waals surface area contributed by atoms with Gasteiger partial charge in [0, 0.05) is 5.92 Å². The molecule has 0 radical (unpaired) electrons. The molecule has 11 heavy (non-hydrogen) atoms. The van der Waals surface area contributed by atoms with E-state index in [1.807, 2.05) is 0 Å². The van der Waals surface area contributed by atoms with Gasteiger partial charge in [0.2, 0.25) is 0 Å². The summed E-state index contributed by atoms with van der Waals surface area (Å²) < 4.78 is 0. The zero-order chi connectivity index (χ0) is 8.32. The van der Waals surface area contributed by atoms with Gasteiger partial charge in [0.15, 0.2) is 0 Å². The first-order chi connectivity index (χ1) is 5.23. The predicted octanol–water partition coefficient (Wildman–Crippen LogP) is 3.55. The quantitative estimate of drug-likeness (QED) is 0.577. The molecule has 0 aromatic heterocycles. The molecule has 0 nitrogen and oxygen atoms in total. The fourth-order valence-electron chi connectivity index (χ4n) is 1.62. The molecule has 0 unspecified atom stereocenters. The summed E-state index contributed by atoms with van der Waals surface area (Å²) in [7, 11) is 0. The highest BCUT2D eigenvalue weighted by Gasteiger charge is 2.27. The van der Waals surface area contributed by atoms with Gasteiger partial charge in [-0.3, -0.25) is 0 Å². The van der Waals surface area contributed by atoms with Crippen molar-refractivity contribution < 1.29 is 0 Å². The molecule has 0 aliphatic heterocycles. The minimum Gasteiger partial charge on any atom is -0.0771 e. The van der Waals surface area contributed by atoms with E-state index in [-0.39, 0.29) is 0 Å². The SMILES string of the molecule is CCC(C)(CC)C1C=CC=C1. The Bertz CT molecular complexity index is 158. The van der Waals surface area contributed by atoms with Crippen molar-refractivity contribution in [1.29, 1.82) is 0 Å². The molecular formula is C11H18. The maximum atomic E-state index is 2.37. The molecule has 1 rings (SSSR count). The number of hydrogen-bond acceptors (Lipinski definition) is 0. The van der Waals surface area contributed by atoms with Crippen LogP contribution in [-0.4, -0.2) is 0 Å². The van der Waals surface area contributed by atoms with Crippen molar-refractivity contribution in [3.63, 3.8) is 0 Å². The van der Waals surface area contributed by atoms with Crippen molar-refractivity contribution in [2.45, 2.75) is 33.6 Å². The molecule has 0 heterocycles. The smallest absolute Gasteiger partial charge is 0.000643 e. The highest BCUT2D eigenvalue weighted by atomic mass is 14.3. The van der Waals surface area contributed by atoms with Crippen molar-refractivity contribution in [1.82, 2.24) is 0 Å². The summed E-state index contributed by atoms with van der Waals surface area (Å²) in [4.78, 5) is 0. The highest BCUT2D eigenvalue weighted by Crippen LogP contribution is 2.37. The number of rotatable bonds is 3. The average molecular weight is 150 g/mol. The van der Waals surface area contributed by atoms with Gasteiger partial charge in [-0.05, 0) is 18.3 Å². The van der Waals surface area contributed by atoms with E-state index >= 15 is 0 Å². The Balaban J connectivity index is 2.68. The second-order valence-electron chi connectivity index (χ2n) is 3.66. The molecule has 0 atom stereocenters. The van der Waals surface area contributed by atoms with Crippen LogP contribution in [0.4, 0.5) is 0 Å². The van der Waals surface area contributed by atoms with Crippen LogP contribution in [0.2, 0.25) is 0 Å². The number of hydrogen-bond donors (Lipinski definition) is 0. The highest BCUT2D eigenvalue weighted by molar-refractivity contribution is 5.20. The lowest BCUT2D eigenvalue weighted by molar-refractivity contribution is 0.246. The third-order valence-electron chi connectivity index (χ3n) is 3.17. The van der Waals surface area contributed by atoms with Crippen LogP contribution in [0.3, 0.4) is 0 Å². The van der Waals surface area contributed by atoms with Gasteiger partial charge in [-0.1, -0.05) is 45.1 Å². The standard InChI is InChI=1S/C11H18/c1-4-11(3,5-2)10-8-6-7-9-10/h6-10H,4-5H2,1-3H3. The van der Waals surface area contributed by atoms with Gasteiger partial charge in [0.05, 0.1) is 0 Å². The van der Waals surface area contributed by atoms with Gasteiger partial charge < -0.3 is 0 Å². The van der Waals surface area contributed by atoms with Crippen molar-refractivity contribution in [2.24, 2.45) is 11.3 Å². The fourth-order valence-corrected chi connectivity index (χ4v) is 1.62. The van der Waals surface area contributed by atoms with Gasteiger partial charge in [-0.15, -0.1) is 0 Å². The molecule has 0 fully saturated rings. The van der Waals surface area contributed by atoms with Crippen LogP contribution >= 0.6 is 0 Å². The molecule has 0 aromatic carbocycles. The summed E-state index contributed by atoms with van der Waals surface area (Å²) in [6.45, 7) is 6.94. The molecule has 0 aromatic rings. The molecule has 1 aliphatic carbocycles. The van der Waals surface area contributed by atoms with Crippen molar-refractivity contribution in [3.05, 3.63) is 24.3 Å². The zero-order valence-electron chi connectivity index (χ0n) is 7.80. The lowest BCUT2D eigenvalue weighted by Crippen LogP contribution is -2.21. The minimum atomic E-state index is 0.490. The van der Waals surface area contributed by atoms with Gasteiger partial charge in [0.25, 0.3) is 0 Å².